The van der Waals surface area contributed by atoms with Gasteiger partial charge in [-0.15, -0.1) is 11.3 Å². The van der Waals surface area contributed by atoms with Crippen LogP contribution in [0.3, 0.4) is 0 Å². The Kier molecular flexibility index (Phi) is 7.30. The largest absolute Gasteiger partial charge is 0.479 e. The summed E-state index contributed by atoms with van der Waals surface area (Å²) in [6.45, 7) is 7.02. The average molecular weight is 458 g/mol. The first-order valence-electron chi connectivity index (χ1n) is 9.79. The third-order valence-corrected chi connectivity index (χ3v) is 5.69. The highest BCUT2D eigenvalue weighted by molar-refractivity contribution is 7.14. The smallest absolute Gasteiger partial charge is 0.266 e. The fraction of sp³-hybridized carbons (Fsp3) is 0.261. The molecule has 6 nitrogen and oxygen atoms in total. The van der Waals surface area contributed by atoms with Crippen LogP contribution in [0.2, 0.25) is 5.02 Å². The van der Waals surface area contributed by atoms with Gasteiger partial charge in [0.2, 0.25) is 5.91 Å². The van der Waals surface area contributed by atoms with Gasteiger partial charge in [0, 0.05) is 17.9 Å². The van der Waals surface area contributed by atoms with Crippen molar-refractivity contribution in [2.45, 2.75) is 39.8 Å². The van der Waals surface area contributed by atoms with Gasteiger partial charge in [-0.05, 0) is 44.0 Å². The number of aryl methyl sites for hydroxylation is 1. The summed E-state index contributed by atoms with van der Waals surface area (Å²) in [5, 5.41) is 8.47. The molecule has 31 heavy (non-hydrogen) atoms. The van der Waals surface area contributed by atoms with Crippen molar-refractivity contribution < 1.29 is 14.3 Å². The van der Waals surface area contributed by atoms with Crippen LogP contribution in [0.4, 0.5) is 5.13 Å². The molecule has 0 saturated carbocycles. The third-order valence-electron chi connectivity index (χ3n) is 4.62. The van der Waals surface area contributed by atoms with Crippen molar-refractivity contribution in [3.05, 3.63) is 64.0 Å². The summed E-state index contributed by atoms with van der Waals surface area (Å²) in [4.78, 5) is 28.2. The highest BCUT2D eigenvalue weighted by Crippen LogP contribution is 2.28. The molecule has 3 rings (SSSR count). The summed E-state index contributed by atoms with van der Waals surface area (Å²) in [5.41, 5.74) is 3.68. The number of amides is 2. The molecule has 162 valence electrons. The first kappa shape index (κ1) is 22.8. The number of benzene rings is 2. The summed E-state index contributed by atoms with van der Waals surface area (Å²) in [7, 11) is 0. The fourth-order valence-electron chi connectivity index (χ4n) is 2.95. The minimum absolute atomic E-state index is 0.0692. The van der Waals surface area contributed by atoms with E-state index in [1.165, 1.54) is 18.3 Å². The van der Waals surface area contributed by atoms with Gasteiger partial charge in [-0.25, -0.2) is 4.98 Å². The number of nitrogens with one attached hydrogen (secondary N) is 2. The van der Waals surface area contributed by atoms with Gasteiger partial charge < -0.3 is 10.1 Å². The average Bonchev–Trinajstić information content (AvgIpc) is 3.18. The number of halogens is 1. The van der Waals surface area contributed by atoms with Crippen LogP contribution in [-0.2, 0) is 9.59 Å². The molecule has 3 aromatic rings. The summed E-state index contributed by atoms with van der Waals surface area (Å²) in [5.74, 6) is 0.0926. The van der Waals surface area contributed by atoms with Crippen LogP contribution in [0.25, 0.3) is 11.3 Å². The van der Waals surface area contributed by atoms with E-state index in [-0.39, 0.29) is 17.9 Å². The zero-order valence-corrected chi connectivity index (χ0v) is 19.3. The highest BCUT2D eigenvalue weighted by atomic mass is 35.5. The molecule has 8 heteroatoms. The fourth-order valence-corrected chi connectivity index (χ4v) is 3.83. The lowest BCUT2D eigenvalue weighted by Gasteiger charge is -2.15. The van der Waals surface area contributed by atoms with E-state index < -0.39 is 6.10 Å². The van der Waals surface area contributed by atoms with Gasteiger partial charge in [0.25, 0.3) is 5.91 Å². The molecule has 0 spiro atoms. The molecule has 0 aliphatic carbocycles. The molecule has 2 N–H and O–H groups in total. The highest BCUT2D eigenvalue weighted by Gasteiger charge is 2.18. The second-order valence-corrected chi connectivity index (χ2v) is 8.53. The first-order valence-corrected chi connectivity index (χ1v) is 11.1. The molecular formula is C23H24ClN3O3S. The summed E-state index contributed by atoms with van der Waals surface area (Å²) in [6, 6.07) is 13.1. The van der Waals surface area contributed by atoms with Gasteiger partial charge in [0.1, 0.15) is 5.75 Å². The van der Waals surface area contributed by atoms with Gasteiger partial charge in [-0.3, -0.25) is 14.9 Å². The number of rotatable bonds is 7. The van der Waals surface area contributed by atoms with E-state index in [1.807, 2.05) is 49.6 Å². The summed E-state index contributed by atoms with van der Waals surface area (Å²) < 4.78 is 5.72. The molecule has 0 fully saturated rings. The monoisotopic (exact) mass is 457 g/mol. The van der Waals surface area contributed by atoms with Crippen molar-refractivity contribution in [2.24, 2.45) is 0 Å². The van der Waals surface area contributed by atoms with Crippen LogP contribution in [0.5, 0.6) is 5.75 Å². The lowest BCUT2D eigenvalue weighted by molar-refractivity contribution is -0.122. The Labute approximate surface area is 190 Å². The standard InChI is InChI=1S/C23H24ClN3O3S/c1-13-5-10-19(24)21(11-13)30-15(3)22(29)27-23-26-20(12-31-23)18-8-6-17(7-9-18)14(2)25-16(4)28/h5-12,14-15H,1-4H3,(H,25,28)(H,26,27,29)/t14-,15-/m0/s1. The first-order chi connectivity index (χ1) is 14.7. The lowest BCUT2D eigenvalue weighted by atomic mass is 10.1. The number of hydrogen-bond acceptors (Lipinski definition) is 5. The molecule has 0 aliphatic rings. The Bertz CT molecular complexity index is 1080. The van der Waals surface area contributed by atoms with E-state index in [0.717, 1.165) is 22.4 Å². The Balaban J connectivity index is 1.63. The Morgan fingerprint density at radius 3 is 2.52 bits per heavy atom. The van der Waals surface area contributed by atoms with Crippen LogP contribution < -0.4 is 15.4 Å². The van der Waals surface area contributed by atoms with Crippen LogP contribution in [-0.4, -0.2) is 22.9 Å². The number of anilines is 1. The number of carbonyl (C=O) groups is 2. The summed E-state index contributed by atoms with van der Waals surface area (Å²) in [6.07, 6.45) is -0.735. The van der Waals surface area contributed by atoms with Crippen molar-refractivity contribution in [1.82, 2.24) is 10.3 Å². The number of ether oxygens (including phenoxy) is 1. The van der Waals surface area contributed by atoms with Crippen molar-refractivity contribution in [3.8, 4) is 17.0 Å². The maximum atomic E-state index is 12.5. The number of aromatic nitrogens is 1. The SMILES string of the molecule is CC(=O)N[C@@H](C)c1ccc(-c2csc(NC(=O)[C@H](C)Oc3cc(C)ccc3Cl)n2)cc1. The number of thiazole rings is 1. The number of hydrogen-bond donors (Lipinski definition) is 2. The molecule has 0 saturated heterocycles. The predicted octanol–water partition coefficient (Wildman–Crippen LogP) is 5.38. The van der Waals surface area contributed by atoms with Crippen molar-refractivity contribution >= 4 is 39.9 Å². The van der Waals surface area contributed by atoms with Crippen LogP contribution >= 0.6 is 22.9 Å². The molecular weight excluding hydrogens is 434 g/mol. The van der Waals surface area contributed by atoms with Crippen LogP contribution in [0.15, 0.2) is 47.8 Å². The predicted molar refractivity (Wildman–Crippen MR) is 125 cm³/mol. The zero-order valence-electron chi connectivity index (χ0n) is 17.7. The minimum Gasteiger partial charge on any atom is -0.479 e. The van der Waals surface area contributed by atoms with E-state index in [9.17, 15) is 9.59 Å². The molecule has 2 atom stereocenters. The topological polar surface area (TPSA) is 80.3 Å². The van der Waals surface area contributed by atoms with E-state index in [0.29, 0.717) is 15.9 Å². The van der Waals surface area contributed by atoms with Gasteiger partial charge in [0.15, 0.2) is 11.2 Å². The van der Waals surface area contributed by atoms with E-state index >= 15 is 0 Å². The number of carbonyl (C=O) groups excluding carboxylic acids is 2. The van der Waals surface area contributed by atoms with Gasteiger partial charge in [-0.1, -0.05) is 41.9 Å². The quantitative estimate of drug-likeness (QED) is 0.499. The molecule has 0 bridgehead atoms. The second-order valence-electron chi connectivity index (χ2n) is 7.27. The molecule has 0 radical (unpaired) electrons. The lowest BCUT2D eigenvalue weighted by Crippen LogP contribution is -2.30. The van der Waals surface area contributed by atoms with E-state index in [2.05, 4.69) is 15.6 Å². The maximum absolute atomic E-state index is 12.5. The molecule has 1 heterocycles. The van der Waals surface area contributed by atoms with Gasteiger partial charge in [0.05, 0.1) is 16.8 Å². The summed E-state index contributed by atoms with van der Waals surface area (Å²) >= 11 is 7.48. The molecule has 2 aromatic carbocycles. The Hall–Kier alpha value is -2.90. The minimum atomic E-state index is -0.735. The van der Waals surface area contributed by atoms with E-state index in [4.69, 9.17) is 16.3 Å². The van der Waals surface area contributed by atoms with Crippen LogP contribution in [0.1, 0.15) is 37.9 Å². The molecule has 1 aromatic heterocycles. The van der Waals surface area contributed by atoms with Gasteiger partial charge >= 0.3 is 0 Å². The molecule has 0 aliphatic heterocycles. The normalized spacial score (nSPS) is 12.7. The van der Waals surface area contributed by atoms with Gasteiger partial charge in [-0.2, -0.15) is 0 Å². The molecule has 0 unspecified atom stereocenters. The Morgan fingerprint density at radius 1 is 1.13 bits per heavy atom. The van der Waals surface area contributed by atoms with Crippen molar-refractivity contribution in [2.75, 3.05) is 5.32 Å². The number of nitrogens with zero attached hydrogens (tertiary/aromatic N) is 1. The maximum Gasteiger partial charge on any atom is 0.266 e. The Morgan fingerprint density at radius 2 is 1.84 bits per heavy atom. The van der Waals surface area contributed by atoms with Crippen LogP contribution in [0, 0.1) is 6.92 Å². The van der Waals surface area contributed by atoms with Crippen molar-refractivity contribution in [3.63, 3.8) is 0 Å². The molecule has 2 amide bonds. The zero-order chi connectivity index (χ0) is 22.5. The second kappa shape index (κ2) is 9.94. The van der Waals surface area contributed by atoms with Crippen molar-refractivity contribution in [1.29, 1.82) is 0 Å². The third kappa shape index (κ3) is 6.06. The van der Waals surface area contributed by atoms with E-state index in [1.54, 1.807) is 19.1 Å².